The number of rotatable bonds is 7. The minimum absolute atomic E-state index is 0.329. The van der Waals surface area contributed by atoms with Gasteiger partial charge in [-0.2, -0.15) is 4.74 Å². The van der Waals surface area contributed by atoms with Crippen LogP contribution in [0.4, 0.5) is 5.69 Å². The molecule has 144 valence electrons. The van der Waals surface area contributed by atoms with Gasteiger partial charge in [0, 0.05) is 17.7 Å². The molecule has 1 aromatic heterocycles. The molecule has 0 fully saturated rings. The maximum Gasteiger partial charge on any atom is 0.216 e. The van der Waals surface area contributed by atoms with Gasteiger partial charge in [0.2, 0.25) is 5.69 Å². The molecule has 6 nitrogen and oxygen atoms in total. The van der Waals surface area contributed by atoms with E-state index in [4.69, 9.17) is 4.74 Å². The van der Waals surface area contributed by atoms with Crippen LogP contribution in [0.15, 0.2) is 91.1 Å². The van der Waals surface area contributed by atoms with E-state index in [2.05, 4.69) is 22.4 Å². The quantitative estimate of drug-likeness (QED) is 0.208. The minimum atomic E-state index is 0.329. The predicted molar refractivity (Wildman–Crippen MR) is 111 cm³/mol. The molecule has 0 amide bonds. The van der Waals surface area contributed by atoms with Crippen molar-refractivity contribution in [3.63, 3.8) is 0 Å². The Balaban J connectivity index is 1.34. The average molecular weight is 384 g/mol. The van der Waals surface area contributed by atoms with Crippen LogP contribution in [-0.2, 0) is 13.2 Å². The van der Waals surface area contributed by atoms with Crippen molar-refractivity contribution in [2.24, 2.45) is 0 Å². The largest absolute Gasteiger partial charge is 0.618 e. The maximum absolute atomic E-state index is 12.2. The van der Waals surface area contributed by atoms with Crippen LogP contribution in [0, 0.1) is 5.21 Å². The van der Waals surface area contributed by atoms with Crippen molar-refractivity contribution in [2.75, 3.05) is 0 Å². The summed E-state index contributed by atoms with van der Waals surface area (Å²) in [6, 6.07) is 26.5. The molecule has 0 aliphatic rings. The SMILES string of the molecule is [O-]/[N+](=C/c1ccc(OCc2cn(Cc3ccccc3)nn2)cc1)c1ccccc1. The number of nitrogens with zero attached hydrogens (tertiary/aromatic N) is 4. The zero-order valence-electron chi connectivity index (χ0n) is 15.8. The molecule has 6 heteroatoms. The van der Waals surface area contributed by atoms with Gasteiger partial charge in [0.15, 0.2) is 6.21 Å². The fourth-order valence-corrected chi connectivity index (χ4v) is 2.84. The van der Waals surface area contributed by atoms with E-state index in [9.17, 15) is 5.21 Å². The molecule has 4 aromatic rings. The number of benzene rings is 3. The van der Waals surface area contributed by atoms with Crippen LogP contribution in [-0.4, -0.2) is 25.9 Å². The van der Waals surface area contributed by atoms with Crippen LogP contribution in [0.25, 0.3) is 0 Å². The summed E-state index contributed by atoms with van der Waals surface area (Å²) in [7, 11) is 0. The number of para-hydroxylation sites is 1. The lowest BCUT2D eigenvalue weighted by atomic mass is 10.2. The molecule has 0 unspecified atom stereocenters. The van der Waals surface area contributed by atoms with Crippen molar-refractivity contribution in [1.82, 2.24) is 15.0 Å². The Bertz CT molecular complexity index is 1070. The average Bonchev–Trinajstić information content (AvgIpc) is 3.22. The number of hydrogen-bond donors (Lipinski definition) is 0. The maximum atomic E-state index is 12.2. The van der Waals surface area contributed by atoms with Crippen molar-refractivity contribution in [3.05, 3.63) is 113 Å². The third kappa shape index (κ3) is 5.07. The molecule has 0 spiro atoms. The third-order valence-electron chi connectivity index (χ3n) is 4.32. The van der Waals surface area contributed by atoms with Crippen LogP contribution in [0.3, 0.4) is 0 Å². The molecule has 4 rings (SSSR count). The lowest BCUT2D eigenvalue weighted by Gasteiger charge is -2.05. The molecule has 0 saturated heterocycles. The van der Waals surface area contributed by atoms with Crippen molar-refractivity contribution in [3.8, 4) is 5.75 Å². The first kappa shape index (κ1) is 18.4. The van der Waals surface area contributed by atoms with Gasteiger partial charge in [0.1, 0.15) is 18.1 Å². The topological polar surface area (TPSA) is 66.0 Å². The summed E-state index contributed by atoms with van der Waals surface area (Å²) in [5.41, 5.74) is 3.31. The van der Waals surface area contributed by atoms with Gasteiger partial charge in [-0.15, -0.1) is 5.10 Å². The first-order valence-corrected chi connectivity index (χ1v) is 9.28. The fraction of sp³-hybridized carbons (Fsp3) is 0.0870. The molecule has 0 aliphatic carbocycles. The summed E-state index contributed by atoms with van der Waals surface area (Å²) >= 11 is 0. The van der Waals surface area contributed by atoms with Gasteiger partial charge in [-0.05, 0) is 29.8 Å². The van der Waals surface area contributed by atoms with Crippen LogP contribution in [0.2, 0.25) is 0 Å². The molecule has 0 saturated carbocycles. The highest BCUT2D eigenvalue weighted by atomic mass is 16.5. The highest BCUT2D eigenvalue weighted by Gasteiger charge is 2.04. The van der Waals surface area contributed by atoms with E-state index in [-0.39, 0.29) is 0 Å². The van der Waals surface area contributed by atoms with Crippen LogP contribution >= 0.6 is 0 Å². The Morgan fingerprint density at radius 1 is 0.897 bits per heavy atom. The van der Waals surface area contributed by atoms with Gasteiger partial charge in [0.05, 0.1) is 12.7 Å². The number of hydrogen-bond acceptors (Lipinski definition) is 4. The van der Waals surface area contributed by atoms with Crippen molar-refractivity contribution < 1.29 is 9.48 Å². The summed E-state index contributed by atoms with van der Waals surface area (Å²) in [6.07, 6.45) is 3.42. The lowest BCUT2D eigenvalue weighted by Crippen LogP contribution is -2.00. The fourth-order valence-electron chi connectivity index (χ4n) is 2.84. The van der Waals surface area contributed by atoms with Gasteiger partial charge in [0.25, 0.3) is 0 Å². The second-order valence-corrected chi connectivity index (χ2v) is 6.54. The molecular weight excluding hydrogens is 364 g/mol. The molecule has 0 aliphatic heterocycles. The lowest BCUT2D eigenvalue weighted by molar-refractivity contribution is -0.354. The Hall–Kier alpha value is -3.93. The van der Waals surface area contributed by atoms with Crippen LogP contribution in [0.5, 0.6) is 5.75 Å². The summed E-state index contributed by atoms with van der Waals surface area (Å²) in [6.45, 7) is 1.00. The van der Waals surface area contributed by atoms with Crippen molar-refractivity contribution in [2.45, 2.75) is 13.2 Å². The smallest absolute Gasteiger partial charge is 0.216 e. The second kappa shape index (κ2) is 8.84. The molecule has 29 heavy (non-hydrogen) atoms. The number of aromatic nitrogens is 3. The zero-order chi connectivity index (χ0) is 19.9. The predicted octanol–water partition coefficient (Wildman–Crippen LogP) is 4.17. The first-order valence-electron chi connectivity index (χ1n) is 9.28. The van der Waals surface area contributed by atoms with Crippen molar-refractivity contribution >= 4 is 11.9 Å². The van der Waals surface area contributed by atoms with Crippen LogP contribution in [0.1, 0.15) is 16.8 Å². The molecule has 3 aromatic carbocycles. The first-order chi connectivity index (χ1) is 14.3. The monoisotopic (exact) mass is 384 g/mol. The van der Waals surface area contributed by atoms with Gasteiger partial charge < -0.3 is 9.94 Å². The molecule has 0 bridgehead atoms. The highest BCUT2D eigenvalue weighted by Crippen LogP contribution is 2.14. The number of ether oxygens (including phenoxy) is 1. The molecule has 1 heterocycles. The Morgan fingerprint density at radius 2 is 1.59 bits per heavy atom. The summed E-state index contributed by atoms with van der Waals surface area (Å²) < 4.78 is 8.42. The summed E-state index contributed by atoms with van der Waals surface area (Å²) in [4.78, 5) is 0. The molecule has 0 radical (unpaired) electrons. The van der Waals surface area contributed by atoms with Gasteiger partial charge in [-0.3, -0.25) is 0 Å². The van der Waals surface area contributed by atoms with E-state index in [1.807, 2.05) is 66.9 Å². The van der Waals surface area contributed by atoms with Gasteiger partial charge in [-0.1, -0.05) is 53.7 Å². The van der Waals surface area contributed by atoms with Crippen LogP contribution < -0.4 is 4.74 Å². The molecule has 0 atom stereocenters. The Kier molecular flexibility index (Phi) is 5.62. The highest BCUT2D eigenvalue weighted by molar-refractivity contribution is 5.76. The molecular formula is C23H20N4O2. The zero-order valence-corrected chi connectivity index (χ0v) is 15.8. The summed E-state index contributed by atoms with van der Waals surface area (Å²) in [5.74, 6) is 0.705. The normalized spacial score (nSPS) is 11.4. The van der Waals surface area contributed by atoms with E-state index < -0.39 is 0 Å². The third-order valence-corrected chi connectivity index (χ3v) is 4.32. The van der Waals surface area contributed by atoms with Gasteiger partial charge in [-0.25, -0.2) is 4.68 Å². The van der Waals surface area contributed by atoms with Gasteiger partial charge >= 0.3 is 0 Å². The van der Waals surface area contributed by atoms with E-state index in [0.717, 1.165) is 16.0 Å². The second-order valence-electron chi connectivity index (χ2n) is 6.54. The standard InChI is InChI=1S/C23H20N4O2/c28-27(22-9-5-2-6-10-22)16-20-11-13-23(14-12-20)29-18-21-17-26(25-24-21)15-19-7-3-1-4-8-19/h1-14,16-17H,15,18H2/b27-16+. The van der Waals surface area contributed by atoms with E-state index in [1.165, 1.54) is 11.8 Å². The van der Waals surface area contributed by atoms with E-state index in [1.54, 1.807) is 16.8 Å². The van der Waals surface area contributed by atoms with Crippen molar-refractivity contribution in [1.29, 1.82) is 0 Å². The Morgan fingerprint density at radius 3 is 2.31 bits per heavy atom. The van der Waals surface area contributed by atoms with E-state index >= 15 is 0 Å². The Labute approximate surface area is 168 Å². The molecule has 0 N–H and O–H groups in total. The minimum Gasteiger partial charge on any atom is -0.618 e. The summed E-state index contributed by atoms with van der Waals surface area (Å²) in [5, 5.41) is 20.4. The van der Waals surface area contributed by atoms with E-state index in [0.29, 0.717) is 24.6 Å².